The summed E-state index contributed by atoms with van der Waals surface area (Å²) < 4.78 is 22.5. The molecule has 2 saturated heterocycles. The molecule has 122 valence electrons. The Morgan fingerprint density at radius 1 is 1.45 bits per heavy atom. The number of alkyl halides is 1. The van der Waals surface area contributed by atoms with Gasteiger partial charge in [0.25, 0.3) is 0 Å². The van der Waals surface area contributed by atoms with Crippen LogP contribution in [0.5, 0.6) is 0 Å². The first-order chi connectivity index (χ1) is 10.4. The second kappa shape index (κ2) is 5.41. The molecule has 2 fully saturated rings. The van der Waals surface area contributed by atoms with Crippen LogP contribution in [0.2, 0.25) is 4.31 Å². The number of rotatable bonds is 4. The van der Waals surface area contributed by atoms with Crippen LogP contribution in [0.1, 0.15) is 25.7 Å². The van der Waals surface area contributed by atoms with Gasteiger partial charge in [0, 0.05) is 0 Å². The number of β-lactam (4-membered cyclic amide) rings is 1. The standard InChI is InChI=1S/C14H18ClNO5Se/c15-7-6-9-10-14(13(19)16-10,22(20,21)12(9)18)11(17)8-4-2-1-3-5-8/h2,4,8-11,17H,1,3,5-7H2,(H,16,19)/t8-,9?,10+,11+,14+/m1/s1. The number of aliphatic hydroxyl groups excluding tert-OH is 1. The van der Waals surface area contributed by atoms with Gasteiger partial charge in [0.15, 0.2) is 0 Å². The van der Waals surface area contributed by atoms with Crippen LogP contribution in [-0.2, 0) is 17.3 Å². The van der Waals surface area contributed by atoms with E-state index in [2.05, 4.69) is 5.32 Å². The van der Waals surface area contributed by atoms with Crippen molar-refractivity contribution in [2.45, 2.75) is 42.1 Å². The Morgan fingerprint density at radius 2 is 2.18 bits per heavy atom. The van der Waals surface area contributed by atoms with Gasteiger partial charge < -0.3 is 0 Å². The molecule has 8 heteroatoms. The maximum atomic E-state index is 12.7. The summed E-state index contributed by atoms with van der Waals surface area (Å²) in [5, 5.41) is 13.2. The molecule has 3 rings (SSSR count). The van der Waals surface area contributed by atoms with Crippen LogP contribution in [-0.4, -0.2) is 46.4 Å². The van der Waals surface area contributed by atoms with Gasteiger partial charge in [-0.15, -0.1) is 0 Å². The topological polar surface area (TPSA) is 101 Å². The van der Waals surface area contributed by atoms with E-state index < -0.39 is 51.6 Å². The molecule has 0 aromatic heterocycles. The van der Waals surface area contributed by atoms with Crippen LogP contribution in [0.4, 0.5) is 0 Å². The molecular weight excluding hydrogens is 377 g/mol. The molecule has 2 aliphatic heterocycles. The number of hydrogen-bond donors (Lipinski definition) is 2. The molecule has 5 atom stereocenters. The molecule has 1 amide bonds. The van der Waals surface area contributed by atoms with Crippen molar-refractivity contribution >= 4 is 34.9 Å². The van der Waals surface area contributed by atoms with Gasteiger partial charge in [-0.25, -0.2) is 0 Å². The Labute approximate surface area is 134 Å². The first kappa shape index (κ1) is 16.1. The van der Waals surface area contributed by atoms with Crippen molar-refractivity contribution in [3.05, 3.63) is 12.2 Å². The van der Waals surface area contributed by atoms with Gasteiger partial charge in [-0.1, -0.05) is 0 Å². The first-order valence-corrected chi connectivity index (χ1v) is 11.0. The molecule has 0 bridgehead atoms. The number of allylic oxidation sites excluding steroid dienone is 1. The van der Waals surface area contributed by atoms with Gasteiger partial charge in [-0.05, 0) is 0 Å². The molecule has 2 heterocycles. The number of aliphatic hydroxyl groups is 1. The summed E-state index contributed by atoms with van der Waals surface area (Å²) in [6, 6.07) is -0.841. The summed E-state index contributed by atoms with van der Waals surface area (Å²) in [6.07, 6.45) is 4.77. The van der Waals surface area contributed by atoms with Crippen LogP contribution in [0, 0.1) is 11.8 Å². The maximum absolute atomic E-state index is 12.7. The average Bonchev–Trinajstić information content (AvgIpc) is 2.62. The molecule has 22 heavy (non-hydrogen) atoms. The Bertz CT molecular complexity index is 646. The van der Waals surface area contributed by atoms with E-state index in [0.29, 0.717) is 6.42 Å². The zero-order valence-corrected chi connectivity index (χ0v) is 14.3. The van der Waals surface area contributed by atoms with Crippen LogP contribution < -0.4 is 5.32 Å². The zero-order chi connectivity index (χ0) is 16.1. The summed E-state index contributed by atoms with van der Waals surface area (Å²) in [4.78, 5) is 24.5. The molecule has 0 radical (unpaired) electrons. The van der Waals surface area contributed by atoms with Crippen molar-refractivity contribution in [3.8, 4) is 0 Å². The fourth-order valence-electron chi connectivity index (χ4n) is 3.91. The van der Waals surface area contributed by atoms with Crippen LogP contribution in [0.25, 0.3) is 0 Å². The fraction of sp³-hybridized carbons (Fsp3) is 0.714. The van der Waals surface area contributed by atoms with Crippen LogP contribution >= 0.6 is 11.6 Å². The third-order valence-corrected chi connectivity index (χ3v) is 10.3. The molecule has 1 aliphatic carbocycles. The number of halogens is 1. The van der Waals surface area contributed by atoms with E-state index >= 15 is 0 Å². The molecular formula is C14H18ClNO5Se. The van der Waals surface area contributed by atoms with Crippen LogP contribution in [0.15, 0.2) is 12.2 Å². The second-order valence-corrected chi connectivity index (χ2v) is 10.9. The van der Waals surface area contributed by atoms with Crippen molar-refractivity contribution in [1.29, 1.82) is 0 Å². The number of amides is 1. The fourth-order valence-corrected chi connectivity index (χ4v) is 9.06. The Hall–Kier alpha value is -0.751. The van der Waals surface area contributed by atoms with E-state index in [1.165, 1.54) is 0 Å². The van der Waals surface area contributed by atoms with Crippen molar-refractivity contribution in [2.75, 3.05) is 5.88 Å². The third-order valence-electron chi connectivity index (χ3n) is 5.07. The van der Waals surface area contributed by atoms with E-state index in [0.717, 1.165) is 12.8 Å². The van der Waals surface area contributed by atoms with E-state index in [4.69, 9.17) is 11.6 Å². The zero-order valence-electron chi connectivity index (χ0n) is 11.9. The molecule has 3 aliphatic rings. The Morgan fingerprint density at radius 3 is 2.73 bits per heavy atom. The number of carbonyl (C=O) groups is 2. The van der Waals surface area contributed by atoms with E-state index in [1.54, 1.807) is 6.08 Å². The number of fused-ring (bicyclic) bond motifs is 1. The summed E-state index contributed by atoms with van der Waals surface area (Å²) in [5.41, 5.74) is 0. The SMILES string of the molecule is O=C1N[C@H]2C(CCCl)C(=O)[Se](=O)(=O)[C@@]12[C@@H](O)[C@@H]1C=CCCC1. The van der Waals surface area contributed by atoms with E-state index in [9.17, 15) is 22.4 Å². The molecule has 0 saturated carbocycles. The Balaban J connectivity index is 2.05. The average molecular weight is 395 g/mol. The van der Waals surface area contributed by atoms with E-state index in [-0.39, 0.29) is 12.3 Å². The van der Waals surface area contributed by atoms with Gasteiger partial charge in [0.2, 0.25) is 0 Å². The van der Waals surface area contributed by atoms with Gasteiger partial charge >= 0.3 is 135 Å². The molecule has 0 aromatic rings. The molecule has 6 nitrogen and oxygen atoms in total. The number of nitrogens with one attached hydrogen (secondary N) is 1. The van der Waals surface area contributed by atoms with E-state index in [1.807, 2.05) is 6.08 Å². The molecule has 0 aromatic carbocycles. The number of hydrogen-bond acceptors (Lipinski definition) is 5. The predicted octanol–water partition coefficient (Wildman–Crippen LogP) is 0.613. The number of carbonyl (C=O) groups excluding carboxylic acids is 2. The summed E-state index contributed by atoms with van der Waals surface area (Å²) in [6.45, 7) is 0. The molecule has 2 N–H and O–H groups in total. The minimum absolute atomic E-state index is 0.131. The molecule has 0 spiro atoms. The normalized spacial score (nSPS) is 40.7. The van der Waals surface area contributed by atoms with Crippen molar-refractivity contribution in [2.24, 2.45) is 11.8 Å². The van der Waals surface area contributed by atoms with Gasteiger partial charge in [0.1, 0.15) is 0 Å². The third kappa shape index (κ3) is 1.83. The summed E-state index contributed by atoms with van der Waals surface area (Å²) in [5.74, 6) is -1.86. The van der Waals surface area contributed by atoms with Gasteiger partial charge in [0.05, 0.1) is 0 Å². The second-order valence-electron chi connectivity index (χ2n) is 6.12. The van der Waals surface area contributed by atoms with Crippen LogP contribution in [0.3, 0.4) is 0 Å². The van der Waals surface area contributed by atoms with Crippen molar-refractivity contribution in [1.82, 2.24) is 5.32 Å². The monoisotopic (exact) mass is 395 g/mol. The Kier molecular flexibility index (Phi) is 3.96. The predicted molar refractivity (Wildman–Crippen MR) is 78.1 cm³/mol. The quantitative estimate of drug-likeness (QED) is 0.315. The molecule has 1 unspecified atom stereocenters. The summed E-state index contributed by atoms with van der Waals surface area (Å²) in [7, 11) is 0. The van der Waals surface area contributed by atoms with Gasteiger partial charge in [-0.2, -0.15) is 0 Å². The first-order valence-electron chi connectivity index (χ1n) is 7.39. The van der Waals surface area contributed by atoms with Crippen molar-refractivity contribution < 1.29 is 22.4 Å². The summed E-state index contributed by atoms with van der Waals surface area (Å²) >= 11 is 0.370. The van der Waals surface area contributed by atoms with Crippen molar-refractivity contribution in [3.63, 3.8) is 0 Å². The minimum atomic E-state index is -5.29. The van der Waals surface area contributed by atoms with Gasteiger partial charge in [-0.3, -0.25) is 0 Å².